The Morgan fingerprint density at radius 1 is 1.24 bits per heavy atom. The van der Waals surface area contributed by atoms with Gasteiger partial charge in [0.05, 0.1) is 0 Å². The molecule has 0 saturated carbocycles. The van der Waals surface area contributed by atoms with Gasteiger partial charge in [-0.1, -0.05) is 12.1 Å². The smallest absolute Gasteiger partial charge is 0.354 e. The second-order valence-electron chi connectivity index (χ2n) is 3.36. The molecule has 2 aromatic rings. The Balaban J connectivity index is 2.56. The average molecular weight is 231 g/mol. The molecule has 0 bridgehead atoms. The summed E-state index contributed by atoms with van der Waals surface area (Å²) in [5.74, 6) is -0.903. The zero-order valence-corrected chi connectivity index (χ0v) is 8.66. The van der Waals surface area contributed by atoms with E-state index in [-0.39, 0.29) is 23.1 Å². The molecule has 6 nitrogen and oxygen atoms in total. The van der Waals surface area contributed by atoms with E-state index in [1.54, 1.807) is 12.1 Å². The molecule has 0 spiro atoms. The average Bonchev–Trinajstić information content (AvgIpc) is 2.28. The van der Waals surface area contributed by atoms with Crippen LogP contribution >= 0.6 is 0 Å². The molecule has 86 valence electrons. The molecule has 17 heavy (non-hydrogen) atoms. The molecule has 0 aliphatic heterocycles. The number of aromatic nitrogens is 2. The molecule has 0 aliphatic rings. The van der Waals surface area contributed by atoms with Gasteiger partial charge < -0.3 is 15.9 Å². The van der Waals surface area contributed by atoms with Crippen molar-refractivity contribution in [1.82, 2.24) is 9.97 Å². The highest BCUT2D eigenvalue weighted by Crippen LogP contribution is 2.21. The lowest BCUT2D eigenvalue weighted by Crippen LogP contribution is -2.05. The second-order valence-corrected chi connectivity index (χ2v) is 3.36. The minimum Gasteiger partial charge on any atom is -0.508 e. The van der Waals surface area contributed by atoms with Gasteiger partial charge in [-0.2, -0.15) is 0 Å². The lowest BCUT2D eigenvalue weighted by Gasteiger charge is -2.03. The number of nitrogens with two attached hydrogens (primary N) is 1. The van der Waals surface area contributed by atoms with Crippen molar-refractivity contribution in [1.29, 1.82) is 0 Å². The molecule has 4 N–H and O–H groups in total. The summed E-state index contributed by atoms with van der Waals surface area (Å²) >= 11 is 0. The number of benzene rings is 1. The topological polar surface area (TPSA) is 109 Å². The third-order valence-electron chi connectivity index (χ3n) is 2.07. The highest BCUT2D eigenvalue weighted by molar-refractivity contribution is 5.86. The Morgan fingerprint density at radius 3 is 2.65 bits per heavy atom. The van der Waals surface area contributed by atoms with Crippen LogP contribution in [0.4, 0.5) is 5.82 Å². The molecule has 1 aromatic heterocycles. The molecule has 6 heteroatoms. The summed E-state index contributed by atoms with van der Waals surface area (Å²) in [6, 6.07) is 7.36. The first-order valence-corrected chi connectivity index (χ1v) is 4.73. The predicted octanol–water partition coefficient (Wildman–Crippen LogP) is 1.13. The Morgan fingerprint density at radius 2 is 2.00 bits per heavy atom. The molecule has 0 radical (unpaired) electrons. The van der Waals surface area contributed by atoms with Crippen molar-refractivity contribution < 1.29 is 15.0 Å². The first kappa shape index (κ1) is 10.9. The van der Waals surface area contributed by atoms with Crippen LogP contribution in [-0.2, 0) is 0 Å². The molecule has 0 amide bonds. The fourth-order valence-corrected chi connectivity index (χ4v) is 1.35. The van der Waals surface area contributed by atoms with Gasteiger partial charge >= 0.3 is 5.97 Å². The number of nitrogens with zero attached hydrogens (tertiary/aromatic N) is 2. The van der Waals surface area contributed by atoms with Crippen molar-refractivity contribution >= 4 is 11.8 Å². The van der Waals surface area contributed by atoms with Gasteiger partial charge in [-0.05, 0) is 12.1 Å². The van der Waals surface area contributed by atoms with Crippen LogP contribution in [0.15, 0.2) is 30.3 Å². The maximum atomic E-state index is 10.8. The van der Waals surface area contributed by atoms with Gasteiger partial charge in [0, 0.05) is 11.6 Å². The summed E-state index contributed by atoms with van der Waals surface area (Å²) in [7, 11) is 0. The number of hydrogen-bond donors (Lipinski definition) is 3. The number of phenolic OH excluding ortho intramolecular Hbond substituents is 1. The lowest BCUT2D eigenvalue weighted by molar-refractivity contribution is 0.0690. The summed E-state index contributed by atoms with van der Waals surface area (Å²) < 4.78 is 0. The number of carboxylic acid groups (broad SMARTS) is 1. The summed E-state index contributed by atoms with van der Waals surface area (Å²) in [5, 5.41) is 18.2. The Kier molecular flexibility index (Phi) is 2.61. The van der Waals surface area contributed by atoms with Crippen molar-refractivity contribution in [3.63, 3.8) is 0 Å². The number of carboxylic acids is 1. The third-order valence-corrected chi connectivity index (χ3v) is 2.07. The first-order chi connectivity index (χ1) is 8.06. The van der Waals surface area contributed by atoms with E-state index in [9.17, 15) is 9.90 Å². The van der Waals surface area contributed by atoms with Crippen molar-refractivity contribution in [2.45, 2.75) is 0 Å². The van der Waals surface area contributed by atoms with Crippen LogP contribution in [0.2, 0.25) is 0 Å². The summed E-state index contributed by atoms with van der Waals surface area (Å²) in [4.78, 5) is 18.6. The SMILES string of the molecule is Nc1cc(C(=O)O)nc(-c2cccc(O)c2)n1. The number of carbonyl (C=O) groups is 1. The number of aromatic hydroxyl groups is 1. The van der Waals surface area contributed by atoms with Gasteiger partial charge in [-0.15, -0.1) is 0 Å². The molecule has 0 saturated heterocycles. The van der Waals surface area contributed by atoms with E-state index in [0.29, 0.717) is 5.56 Å². The molecule has 1 heterocycles. The van der Waals surface area contributed by atoms with Crippen LogP contribution < -0.4 is 5.73 Å². The van der Waals surface area contributed by atoms with Gasteiger partial charge in [-0.3, -0.25) is 0 Å². The normalized spacial score (nSPS) is 10.1. The fraction of sp³-hybridized carbons (Fsp3) is 0. The van der Waals surface area contributed by atoms with Crippen LogP contribution in [-0.4, -0.2) is 26.2 Å². The number of anilines is 1. The van der Waals surface area contributed by atoms with Crippen LogP contribution in [0.5, 0.6) is 5.75 Å². The van der Waals surface area contributed by atoms with E-state index >= 15 is 0 Å². The van der Waals surface area contributed by atoms with Crippen molar-refractivity contribution in [3.05, 3.63) is 36.0 Å². The zero-order valence-electron chi connectivity index (χ0n) is 8.66. The van der Waals surface area contributed by atoms with E-state index in [1.165, 1.54) is 18.2 Å². The van der Waals surface area contributed by atoms with E-state index in [4.69, 9.17) is 10.8 Å². The van der Waals surface area contributed by atoms with Crippen LogP contribution in [0.1, 0.15) is 10.5 Å². The summed E-state index contributed by atoms with van der Waals surface area (Å²) in [6.45, 7) is 0. The fourth-order valence-electron chi connectivity index (χ4n) is 1.35. The van der Waals surface area contributed by atoms with Gasteiger partial charge in [0.2, 0.25) is 0 Å². The van der Waals surface area contributed by atoms with Crippen LogP contribution in [0.3, 0.4) is 0 Å². The third kappa shape index (κ3) is 2.31. The number of phenols is 1. The molecule has 1 aromatic carbocycles. The molecule has 0 unspecified atom stereocenters. The maximum absolute atomic E-state index is 10.8. The number of aromatic carboxylic acids is 1. The Labute approximate surface area is 96.4 Å². The van der Waals surface area contributed by atoms with E-state index < -0.39 is 5.97 Å². The number of nitrogen functional groups attached to an aromatic ring is 1. The van der Waals surface area contributed by atoms with Crippen molar-refractivity contribution in [2.24, 2.45) is 0 Å². The Hall–Kier alpha value is -2.63. The molecule has 0 fully saturated rings. The quantitative estimate of drug-likeness (QED) is 0.714. The van der Waals surface area contributed by atoms with Crippen molar-refractivity contribution in [3.8, 4) is 17.1 Å². The highest BCUT2D eigenvalue weighted by atomic mass is 16.4. The van der Waals surface area contributed by atoms with E-state index in [2.05, 4.69) is 9.97 Å². The largest absolute Gasteiger partial charge is 0.508 e. The van der Waals surface area contributed by atoms with Crippen molar-refractivity contribution in [2.75, 3.05) is 5.73 Å². The first-order valence-electron chi connectivity index (χ1n) is 4.73. The zero-order chi connectivity index (χ0) is 12.4. The number of rotatable bonds is 2. The molecule has 0 atom stereocenters. The Bertz CT molecular complexity index is 584. The monoisotopic (exact) mass is 231 g/mol. The van der Waals surface area contributed by atoms with E-state index in [1.807, 2.05) is 0 Å². The number of hydrogen-bond acceptors (Lipinski definition) is 5. The summed E-state index contributed by atoms with van der Waals surface area (Å²) in [6.07, 6.45) is 0. The molecule has 0 aliphatic carbocycles. The van der Waals surface area contributed by atoms with E-state index in [0.717, 1.165) is 0 Å². The maximum Gasteiger partial charge on any atom is 0.354 e. The van der Waals surface area contributed by atoms with Gasteiger partial charge in [0.15, 0.2) is 11.5 Å². The lowest BCUT2D eigenvalue weighted by atomic mass is 10.2. The summed E-state index contributed by atoms with van der Waals surface area (Å²) in [5.41, 5.74) is 5.81. The van der Waals surface area contributed by atoms with Gasteiger partial charge in [0.25, 0.3) is 0 Å². The highest BCUT2D eigenvalue weighted by Gasteiger charge is 2.10. The molecule has 2 rings (SSSR count). The van der Waals surface area contributed by atoms with Gasteiger partial charge in [-0.25, -0.2) is 14.8 Å². The second kappa shape index (κ2) is 4.09. The van der Waals surface area contributed by atoms with Crippen LogP contribution in [0.25, 0.3) is 11.4 Å². The van der Waals surface area contributed by atoms with Crippen LogP contribution in [0, 0.1) is 0 Å². The minimum absolute atomic E-state index is 0.0467. The predicted molar refractivity (Wildman–Crippen MR) is 60.5 cm³/mol. The standard InChI is InChI=1S/C11H9N3O3/c12-9-5-8(11(16)17)13-10(14-9)6-2-1-3-7(15)4-6/h1-5,15H,(H,16,17)(H2,12,13,14). The molecular formula is C11H9N3O3. The van der Waals surface area contributed by atoms with Gasteiger partial charge in [0.1, 0.15) is 11.6 Å². The molecular weight excluding hydrogens is 222 g/mol. The minimum atomic E-state index is -1.18.